The van der Waals surface area contributed by atoms with Gasteiger partial charge in [0.05, 0.1) is 10.9 Å². The van der Waals surface area contributed by atoms with E-state index in [1.807, 2.05) is 24.3 Å². The van der Waals surface area contributed by atoms with Crippen molar-refractivity contribution in [1.29, 1.82) is 0 Å². The van der Waals surface area contributed by atoms with E-state index in [1.54, 1.807) is 18.2 Å². The lowest BCUT2D eigenvalue weighted by molar-refractivity contribution is 0.518. The molecule has 0 unspecified atom stereocenters. The van der Waals surface area contributed by atoms with Crippen molar-refractivity contribution in [1.82, 2.24) is 4.98 Å². The van der Waals surface area contributed by atoms with Crippen molar-refractivity contribution in [2.75, 3.05) is 0 Å². The molecule has 0 fully saturated rings. The molecule has 3 aromatic rings. The average Bonchev–Trinajstić information content (AvgIpc) is 2.39. The maximum absolute atomic E-state index is 11.9. The van der Waals surface area contributed by atoms with Gasteiger partial charge >= 0.3 is 5.63 Å². The van der Waals surface area contributed by atoms with Crippen LogP contribution >= 0.6 is 27.5 Å². The summed E-state index contributed by atoms with van der Waals surface area (Å²) < 4.78 is 6.13. The first kappa shape index (κ1) is 12.4. The SMILES string of the molecule is O=c1oc(-c2cccc(Br)c2)nc2ccc(Cl)cc12. The Kier molecular flexibility index (Phi) is 3.12. The van der Waals surface area contributed by atoms with Gasteiger partial charge in [-0.15, -0.1) is 0 Å². The number of halogens is 2. The Morgan fingerprint density at radius 1 is 1.16 bits per heavy atom. The Bertz CT molecular complexity index is 829. The van der Waals surface area contributed by atoms with E-state index in [1.165, 1.54) is 0 Å². The van der Waals surface area contributed by atoms with Crippen molar-refractivity contribution >= 4 is 38.4 Å². The molecule has 0 radical (unpaired) electrons. The lowest BCUT2D eigenvalue weighted by Crippen LogP contribution is -2.02. The maximum atomic E-state index is 11.9. The largest absolute Gasteiger partial charge is 0.403 e. The lowest BCUT2D eigenvalue weighted by atomic mass is 10.2. The molecule has 5 heteroatoms. The standard InChI is InChI=1S/C14H7BrClNO2/c15-9-3-1-2-8(6-9)13-17-12-5-4-10(16)7-11(12)14(18)19-13/h1-7H. The molecular formula is C14H7BrClNO2. The zero-order valence-electron chi connectivity index (χ0n) is 9.56. The van der Waals surface area contributed by atoms with Gasteiger partial charge in [0, 0.05) is 15.1 Å². The Balaban J connectivity index is 2.27. The molecule has 0 aliphatic heterocycles. The van der Waals surface area contributed by atoms with Crippen molar-refractivity contribution in [2.45, 2.75) is 0 Å². The smallest absolute Gasteiger partial charge is 0.347 e. The van der Waals surface area contributed by atoms with Crippen LogP contribution in [0.15, 0.2) is 56.1 Å². The normalized spacial score (nSPS) is 10.8. The third-order valence-corrected chi connectivity index (χ3v) is 3.39. The van der Waals surface area contributed by atoms with E-state index in [0.717, 1.165) is 10.0 Å². The average molecular weight is 337 g/mol. The monoisotopic (exact) mass is 335 g/mol. The Morgan fingerprint density at radius 3 is 2.79 bits per heavy atom. The number of benzene rings is 2. The first-order chi connectivity index (χ1) is 9.13. The second-order valence-electron chi connectivity index (χ2n) is 3.98. The van der Waals surface area contributed by atoms with Gasteiger partial charge in [-0.05, 0) is 36.4 Å². The van der Waals surface area contributed by atoms with Gasteiger partial charge in [-0.1, -0.05) is 33.6 Å². The van der Waals surface area contributed by atoms with Gasteiger partial charge in [-0.25, -0.2) is 9.78 Å². The van der Waals surface area contributed by atoms with Gasteiger partial charge in [0.25, 0.3) is 0 Å². The minimum absolute atomic E-state index is 0.293. The van der Waals surface area contributed by atoms with E-state index in [4.69, 9.17) is 16.0 Å². The minimum atomic E-state index is -0.442. The molecular weight excluding hydrogens is 330 g/mol. The summed E-state index contributed by atoms with van der Waals surface area (Å²) in [6, 6.07) is 12.4. The fraction of sp³-hybridized carbons (Fsp3) is 0. The molecule has 3 rings (SSSR count). The first-order valence-electron chi connectivity index (χ1n) is 5.50. The van der Waals surface area contributed by atoms with E-state index in [2.05, 4.69) is 20.9 Å². The van der Waals surface area contributed by atoms with Crippen molar-refractivity contribution in [3.8, 4) is 11.5 Å². The minimum Gasteiger partial charge on any atom is -0.403 e. The number of hydrogen-bond acceptors (Lipinski definition) is 3. The number of rotatable bonds is 1. The molecule has 1 heterocycles. The molecule has 0 N–H and O–H groups in total. The Labute approximate surface area is 122 Å². The van der Waals surface area contributed by atoms with Gasteiger partial charge < -0.3 is 4.42 Å². The van der Waals surface area contributed by atoms with E-state index < -0.39 is 5.63 Å². The van der Waals surface area contributed by atoms with Crippen molar-refractivity contribution in [3.05, 3.63) is 62.4 Å². The highest BCUT2D eigenvalue weighted by Crippen LogP contribution is 2.23. The van der Waals surface area contributed by atoms with Crippen LogP contribution in [-0.2, 0) is 0 Å². The van der Waals surface area contributed by atoms with Crippen LogP contribution in [0.25, 0.3) is 22.4 Å². The Hall–Kier alpha value is -1.65. The molecule has 0 bridgehead atoms. The molecule has 0 amide bonds. The second-order valence-corrected chi connectivity index (χ2v) is 5.33. The molecule has 0 saturated heterocycles. The van der Waals surface area contributed by atoms with E-state index in [-0.39, 0.29) is 0 Å². The first-order valence-corrected chi connectivity index (χ1v) is 6.67. The number of nitrogens with zero attached hydrogens (tertiary/aromatic N) is 1. The third kappa shape index (κ3) is 2.41. The highest BCUT2D eigenvalue weighted by molar-refractivity contribution is 9.10. The molecule has 0 spiro atoms. The summed E-state index contributed by atoms with van der Waals surface area (Å²) in [7, 11) is 0. The summed E-state index contributed by atoms with van der Waals surface area (Å²) in [5, 5.41) is 0.864. The lowest BCUT2D eigenvalue weighted by Gasteiger charge is -2.02. The molecule has 1 aromatic heterocycles. The summed E-state index contributed by atoms with van der Waals surface area (Å²) in [6.07, 6.45) is 0. The predicted octanol–water partition coefficient (Wildman–Crippen LogP) is 4.27. The fourth-order valence-corrected chi connectivity index (χ4v) is 2.36. The maximum Gasteiger partial charge on any atom is 0.347 e. The fourth-order valence-electron chi connectivity index (χ4n) is 1.79. The molecule has 0 aliphatic rings. The molecule has 0 saturated carbocycles. The van der Waals surface area contributed by atoms with Gasteiger partial charge in [-0.2, -0.15) is 0 Å². The molecule has 3 nitrogen and oxygen atoms in total. The molecule has 0 atom stereocenters. The summed E-state index contributed by atoms with van der Waals surface area (Å²) in [5.41, 5.74) is 0.862. The zero-order valence-corrected chi connectivity index (χ0v) is 11.9. The van der Waals surface area contributed by atoms with Crippen LogP contribution in [0.4, 0.5) is 0 Å². The third-order valence-electron chi connectivity index (χ3n) is 2.66. The summed E-state index contributed by atoms with van der Waals surface area (Å²) >= 11 is 9.23. The zero-order chi connectivity index (χ0) is 13.4. The van der Waals surface area contributed by atoms with Gasteiger partial charge in [0.2, 0.25) is 5.89 Å². The van der Waals surface area contributed by atoms with Crippen molar-refractivity contribution in [3.63, 3.8) is 0 Å². The number of hydrogen-bond donors (Lipinski definition) is 0. The topological polar surface area (TPSA) is 43.1 Å². The molecule has 94 valence electrons. The van der Waals surface area contributed by atoms with E-state index in [0.29, 0.717) is 21.8 Å². The van der Waals surface area contributed by atoms with Crippen LogP contribution in [0.3, 0.4) is 0 Å². The summed E-state index contributed by atoms with van der Waals surface area (Å²) in [5.74, 6) is 0.293. The van der Waals surface area contributed by atoms with Crippen LogP contribution in [0.2, 0.25) is 5.02 Å². The van der Waals surface area contributed by atoms with Crippen molar-refractivity contribution in [2.24, 2.45) is 0 Å². The van der Waals surface area contributed by atoms with Gasteiger partial charge in [-0.3, -0.25) is 0 Å². The van der Waals surface area contributed by atoms with Crippen LogP contribution in [0.5, 0.6) is 0 Å². The van der Waals surface area contributed by atoms with Crippen LogP contribution < -0.4 is 5.63 Å². The highest BCUT2D eigenvalue weighted by Gasteiger charge is 2.09. The predicted molar refractivity (Wildman–Crippen MR) is 78.4 cm³/mol. The summed E-state index contributed by atoms with van der Waals surface area (Å²) in [6.45, 7) is 0. The molecule has 0 aliphatic carbocycles. The number of aromatic nitrogens is 1. The van der Waals surface area contributed by atoms with Gasteiger partial charge in [0.1, 0.15) is 0 Å². The second kappa shape index (κ2) is 4.79. The number of fused-ring (bicyclic) bond motifs is 1. The van der Waals surface area contributed by atoms with Crippen molar-refractivity contribution < 1.29 is 4.42 Å². The van der Waals surface area contributed by atoms with Crippen LogP contribution in [0.1, 0.15) is 0 Å². The quantitative estimate of drug-likeness (QED) is 0.666. The molecule has 19 heavy (non-hydrogen) atoms. The Morgan fingerprint density at radius 2 is 2.00 bits per heavy atom. The highest BCUT2D eigenvalue weighted by atomic mass is 79.9. The van der Waals surface area contributed by atoms with E-state index >= 15 is 0 Å². The molecule has 2 aromatic carbocycles. The summed E-state index contributed by atoms with van der Waals surface area (Å²) in [4.78, 5) is 16.3. The van der Waals surface area contributed by atoms with Crippen LogP contribution in [-0.4, -0.2) is 4.98 Å². The van der Waals surface area contributed by atoms with E-state index in [9.17, 15) is 4.79 Å². The van der Waals surface area contributed by atoms with Gasteiger partial charge in [0.15, 0.2) is 0 Å². The van der Waals surface area contributed by atoms with Crippen LogP contribution in [0, 0.1) is 0 Å².